The van der Waals surface area contributed by atoms with Gasteiger partial charge in [-0.3, -0.25) is 0 Å². The predicted octanol–water partition coefficient (Wildman–Crippen LogP) is 4.11. The van der Waals surface area contributed by atoms with Crippen LogP contribution in [-0.4, -0.2) is 6.54 Å². The minimum absolute atomic E-state index is 0.142. The molecule has 1 atom stereocenters. The number of rotatable bonds is 4. The van der Waals surface area contributed by atoms with E-state index in [1.165, 1.54) is 24.3 Å². The Hall–Kier alpha value is -1.81. The second-order valence-corrected chi connectivity index (χ2v) is 4.60. The van der Waals surface area contributed by atoms with E-state index in [0.717, 1.165) is 0 Å². The van der Waals surface area contributed by atoms with E-state index in [1.807, 2.05) is 0 Å². The minimum atomic E-state index is -0.846. The number of hydrogen-bond acceptors (Lipinski definition) is 1. The molecule has 0 aliphatic carbocycles. The van der Waals surface area contributed by atoms with Crippen molar-refractivity contribution in [2.45, 2.75) is 19.9 Å². The Morgan fingerprint density at radius 3 is 2.35 bits per heavy atom. The maximum atomic E-state index is 14.3. The van der Waals surface area contributed by atoms with Gasteiger partial charge < -0.3 is 5.32 Å². The summed E-state index contributed by atoms with van der Waals surface area (Å²) in [6, 6.07) is 7.74. The maximum absolute atomic E-state index is 14.3. The lowest BCUT2D eigenvalue weighted by Crippen LogP contribution is -2.25. The van der Waals surface area contributed by atoms with Crippen molar-refractivity contribution >= 4 is 0 Å². The molecule has 4 heteroatoms. The molecule has 106 valence electrons. The van der Waals surface area contributed by atoms with Crippen LogP contribution in [0.1, 0.15) is 29.7 Å². The molecule has 0 saturated carbocycles. The monoisotopic (exact) mass is 279 g/mol. The summed E-state index contributed by atoms with van der Waals surface area (Å²) in [6.45, 7) is 3.83. The average molecular weight is 279 g/mol. The van der Waals surface area contributed by atoms with Crippen molar-refractivity contribution in [2.24, 2.45) is 0 Å². The van der Waals surface area contributed by atoms with Gasteiger partial charge in [-0.1, -0.05) is 31.2 Å². The highest BCUT2D eigenvalue weighted by Gasteiger charge is 2.24. The van der Waals surface area contributed by atoms with Crippen molar-refractivity contribution in [1.82, 2.24) is 5.32 Å². The van der Waals surface area contributed by atoms with E-state index in [-0.39, 0.29) is 11.1 Å². The van der Waals surface area contributed by atoms with Gasteiger partial charge in [0.25, 0.3) is 0 Å². The standard InChI is InChI=1S/C16H16F3N/c1-3-20-16(11-6-4-5-7-12(11)17)14-13(18)9-8-10(2)15(14)19/h4-9,16,20H,3H2,1-2H3. The summed E-state index contributed by atoms with van der Waals surface area (Å²) in [5, 5.41) is 2.94. The first-order valence-electron chi connectivity index (χ1n) is 6.48. The maximum Gasteiger partial charge on any atom is 0.134 e. The van der Waals surface area contributed by atoms with Crippen molar-refractivity contribution in [1.29, 1.82) is 0 Å². The molecule has 0 heterocycles. The zero-order valence-electron chi connectivity index (χ0n) is 11.4. The van der Waals surface area contributed by atoms with Gasteiger partial charge in [-0.05, 0) is 31.2 Å². The Bertz CT molecular complexity index is 611. The van der Waals surface area contributed by atoms with E-state index in [9.17, 15) is 13.2 Å². The fraction of sp³-hybridized carbons (Fsp3) is 0.250. The smallest absolute Gasteiger partial charge is 0.134 e. The van der Waals surface area contributed by atoms with Gasteiger partial charge in [0.05, 0.1) is 6.04 Å². The van der Waals surface area contributed by atoms with E-state index < -0.39 is 23.5 Å². The lowest BCUT2D eigenvalue weighted by molar-refractivity contribution is 0.492. The minimum Gasteiger partial charge on any atom is -0.306 e. The highest BCUT2D eigenvalue weighted by Crippen LogP contribution is 2.29. The Labute approximate surface area is 116 Å². The first kappa shape index (κ1) is 14.6. The highest BCUT2D eigenvalue weighted by atomic mass is 19.1. The Morgan fingerprint density at radius 1 is 1.00 bits per heavy atom. The van der Waals surface area contributed by atoms with Gasteiger partial charge in [-0.25, -0.2) is 13.2 Å². The van der Waals surface area contributed by atoms with Gasteiger partial charge in [0.1, 0.15) is 17.5 Å². The lowest BCUT2D eigenvalue weighted by atomic mass is 9.95. The summed E-state index contributed by atoms with van der Waals surface area (Å²) in [4.78, 5) is 0. The first-order valence-corrected chi connectivity index (χ1v) is 6.48. The van der Waals surface area contributed by atoms with Crippen LogP contribution in [0.3, 0.4) is 0 Å². The summed E-state index contributed by atoms with van der Waals surface area (Å²) >= 11 is 0. The molecule has 0 aliphatic heterocycles. The van der Waals surface area contributed by atoms with Gasteiger partial charge >= 0.3 is 0 Å². The van der Waals surface area contributed by atoms with Gasteiger partial charge in [-0.15, -0.1) is 0 Å². The summed E-state index contributed by atoms with van der Waals surface area (Å²) in [5.74, 6) is -1.81. The van der Waals surface area contributed by atoms with Crippen molar-refractivity contribution in [3.63, 3.8) is 0 Å². The Balaban J connectivity index is 2.61. The van der Waals surface area contributed by atoms with Crippen molar-refractivity contribution in [3.05, 3.63) is 70.5 Å². The molecule has 2 aromatic carbocycles. The number of hydrogen-bond donors (Lipinski definition) is 1. The molecule has 1 N–H and O–H groups in total. The molecule has 0 radical (unpaired) electrons. The lowest BCUT2D eigenvalue weighted by Gasteiger charge is -2.21. The molecule has 0 fully saturated rings. The van der Waals surface area contributed by atoms with E-state index in [1.54, 1.807) is 26.0 Å². The highest BCUT2D eigenvalue weighted by molar-refractivity contribution is 5.37. The van der Waals surface area contributed by atoms with Crippen LogP contribution >= 0.6 is 0 Å². The molecule has 0 amide bonds. The fourth-order valence-electron chi connectivity index (χ4n) is 2.22. The second-order valence-electron chi connectivity index (χ2n) is 4.60. The zero-order valence-corrected chi connectivity index (χ0v) is 11.4. The molecule has 0 spiro atoms. The SMILES string of the molecule is CCNC(c1ccccc1F)c1c(F)ccc(C)c1F. The van der Waals surface area contributed by atoms with Gasteiger partial charge in [0, 0.05) is 11.1 Å². The molecule has 1 unspecified atom stereocenters. The fourth-order valence-corrected chi connectivity index (χ4v) is 2.22. The molecule has 0 saturated heterocycles. The van der Waals surface area contributed by atoms with Crippen LogP contribution in [0.15, 0.2) is 36.4 Å². The van der Waals surface area contributed by atoms with Crippen LogP contribution in [0.5, 0.6) is 0 Å². The van der Waals surface area contributed by atoms with E-state index in [0.29, 0.717) is 12.1 Å². The van der Waals surface area contributed by atoms with Crippen LogP contribution < -0.4 is 5.32 Å². The Kier molecular flexibility index (Phi) is 4.45. The third kappa shape index (κ3) is 2.70. The molecular formula is C16H16F3N. The number of nitrogens with one attached hydrogen (secondary N) is 1. The topological polar surface area (TPSA) is 12.0 Å². The van der Waals surface area contributed by atoms with E-state index >= 15 is 0 Å². The summed E-state index contributed by atoms with van der Waals surface area (Å²) < 4.78 is 42.2. The second kappa shape index (κ2) is 6.09. The van der Waals surface area contributed by atoms with E-state index in [4.69, 9.17) is 0 Å². The summed E-state index contributed by atoms with van der Waals surface area (Å²) in [5.41, 5.74) is 0.426. The summed E-state index contributed by atoms with van der Waals surface area (Å²) in [7, 11) is 0. The van der Waals surface area contributed by atoms with Crippen molar-refractivity contribution < 1.29 is 13.2 Å². The third-order valence-corrected chi connectivity index (χ3v) is 3.23. The molecule has 1 nitrogen and oxygen atoms in total. The molecule has 0 aliphatic rings. The zero-order chi connectivity index (χ0) is 14.7. The Morgan fingerprint density at radius 2 is 1.70 bits per heavy atom. The van der Waals surface area contributed by atoms with Crippen LogP contribution in [0.25, 0.3) is 0 Å². The quantitative estimate of drug-likeness (QED) is 0.888. The van der Waals surface area contributed by atoms with Gasteiger partial charge in [0.15, 0.2) is 0 Å². The predicted molar refractivity (Wildman–Crippen MR) is 73.0 cm³/mol. The van der Waals surface area contributed by atoms with Crippen LogP contribution in [0.2, 0.25) is 0 Å². The molecule has 2 rings (SSSR count). The first-order chi connectivity index (χ1) is 9.56. The van der Waals surface area contributed by atoms with Crippen molar-refractivity contribution in [3.8, 4) is 0 Å². The number of benzene rings is 2. The van der Waals surface area contributed by atoms with Gasteiger partial charge in [0.2, 0.25) is 0 Å². The molecular weight excluding hydrogens is 263 g/mol. The summed E-state index contributed by atoms with van der Waals surface area (Å²) in [6.07, 6.45) is 0. The number of aryl methyl sites for hydroxylation is 1. The normalized spacial score (nSPS) is 12.4. The van der Waals surface area contributed by atoms with Crippen molar-refractivity contribution in [2.75, 3.05) is 6.54 Å². The van der Waals surface area contributed by atoms with Crippen LogP contribution in [0, 0.1) is 24.4 Å². The molecule has 0 aromatic heterocycles. The molecule has 20 heavy (non-hydrogen) atoms. The average Bonchev–Trinajstić information content (AvgIpc) is 2.43. The molecule has 2 aromatic rings. The number of halogens is 3. The van der Waals surface area contributed by atoms with Gasteiger partial charge in [-0.2, -0.15) is 0 Å². The van der Waals surface area contributed by atoms with E-state index in [2.05, 4.69) is 5.32 Å². The van der Waals surface area contributed by atoms with Crippen LogP contribution in [-0.2, 0) is 0 Å². The van der Waals surface area contributed by atoms with Crippen LogP contribution in [0.4, 0.5) is 13.2 Å². The third-order valence-electron chi connectivity index (χ3n) is 3.23. The molecule has 0 bridgehead atoms. The largest absolute Gasteiger partial charge is 0.306 e.